The first kappa shape index (κ1) is 19.8. The Morgan fingerprint density at radius 3 is 2.48 bits per heavy atom. The highest BCUT2D eigenvalue weighted by atomic mass is 32.2. The fourth-order valence-electron chi connectivity index (χ4n) is 3.37. The van der Waals surface area contributed by atoms with Gasteiger partial charge in [0, 0.05) is 36.0 Å². The van der Waals surface area contributed by atoms with E-state index in [0.717, 1.165) is 26.2 Å². The van der Waals surface area contributed by atoms with Gasteiger partial charge in [-0.2, -0.15) is 0 Å². The fraction of sp³-hybridized carbons (Fsp3) is 0.409. The number of benzene rings is 2. The van der Waals surface area contributed by atoms with Crippen molar-refractivity contribution in [2.24, 2.45) is 0 Å². The highest BCUT2D eigenvalue weighted by molar-refractivity contribution is 7.99. The Morgan fingerprint density at radius 2 is 1.78 bits per heavy atom. The van der Waals surface area contributed by atoms with Gasteiger partial charge < -0.3 is 9.64 Å². The third-order valence-corrected chi connectivity index (χ3v) is 6.03. The lowest BCUT2D eigenvalue weighted by Gasteiger charge is -2.36. The van der Waals surface area contributed by atoms with Crippen LogP contribution in [0.25, 0.3) is 0 Å². The summed E-state index contributed by atoms with van der Waals surface area (Å²) in [5.41, 5.74) is 3.88. The zero-order valence-corrected chi connectivity index (χ0v) is 17.2. The first-order valence-electron chi connectivity index (χ1n) is 9.54. The first-order chi connectivity index (χ1) is 13.1. The van der Waals surface area contributed by atoms with Gasteiger partial charge >= 0.3 is 5.97 Å². The predicted molar refractivity (Wildman–Crippen MR) is 112 cm³/mol. The molecule has 1 aliphatic rings. The van der Waals surface area contributed by atoms with E-state index in [9.17, 15) is 4.79 Å². The van der Waals surface area contributed by atoms with Crippen LogP contribution in [0, 0.1) is 13.8 Å². The van der Waals surface area contributed by atoms with Gasteiger partial charge in [0.1, 0.15) is 0 Å². The number of esters is 1. The molecule has 0 atom stereocenters. The van der Waals surface area contributed by atoms with Gasteiger partial charge in [-0.25, -0.2) is 0 Å². The fourth-order valence-corrected chi connectivity index (χ4v) is 4.41. The number of para-hydroxylation sites is 1. The molecule has 2 aromatic rings. The number of hydrogen-bond donors (Lipinski definition) is 0. The quantitative estimate of drug-likeness (QED) is 0.699. The van der Waals surface area contributed by atoms with Gasteiger partial charge in [-0.05, 0) is 44.5 Å². The van der Waals surface area contributed by atoms with Crippen molar-refractivity contribution in [1.82, 2.24) is 4.90 Å². The molecule has 0 radical (unpaired) electrons. The summed E-state index contributed by atoms with van der Waals surface area (Å²) in [6.07, 6.45) is 0. The molecule has 0 aliphatic carbocycles. The van der Waals surface area contributed by atoms with Crippen molar-refractivity contribution >= 4 is 23.4 Å². The molecule has 0 aromatic heterocycles. The molecule has 4 nitrogen and oxygen atoms in total. The molecule has 27 heavy (non-hydrogen) atoms. The molecule has 144 valence electrons. The summed E-state index contributed by atoms with van der Waals surface area (Å²) in [4.78, 5) is 18.9. The Balaban J connectivity index is 1.67. The van der Waals surface area contributed by atoms with Crippen molar-refractivity contribution in [1.29, 1.82) is 0 Å². The maximum absolute atomic E-state index is 11.7. The minimum absolute atomic E-state index is 0.128. The molecular formula is C22H28N2O2S. The highest BCUT2D eigenvalue weighted by Crippen LogP contribution is 2.37. The summed E-state index contributed by atoms with van der Waals surface area (Å²) in [6, 6.07) is 15.2. The molecule has 1 fully saturated rings. The molecule has 5 heteroatoms. The van der Waals surface area contributed by atoms with Crippen molar-refractivity contribution in [3.05, 3.63) is 53.6 Å². The van der Waals surface area contributed by atoms with Gasteiger partial charge in [0.25, 0.3) is 0 Å². The zero-order valence-electron chi connectivity index (χ0n) is 16.4. The molecule has 0 unspecified atom stereocenters. The van der Waals surface area contributed by atoms with Crippen molar-refractivity contribution in [3.63, 3.8) is 0 Å². The summed E-state index contributed by atoms with van der Waals surface area (Å²) in [5.74, 6) is -0.128. The van der Waals surface area contributed by atoms with Crippen LogP contribution < -0.4 is 4.90 Å². The maximum atomic E-state index is 11.7. The maximum Gasteiger partial charge on any atom is 0.320 e. The third-order valence-electron chi connectivity index (χ3n) is 4.79. The number of anilines is 1. The van der Waals surface area contributed by atoms with Crippen LogP contribution >= 0.6 is 11.8 Å². The lowest BCUT2D eigenvalue weighted by Crippen LogP contribution is -2.48. The second kappa shape index (κ2) is 9.29. The average Bonchev–Trinajstić information content (AvgIpc) is 2.65. The lowest BCUT2D eigenvalue weighted by molar-refractivity contribution is -0.144. The predicted octanol–water partition coefficient (Wildman–Crippen LogP) is 4.14. The van der Waals surface area contributed by atoms with Crippen LogP contribution in [0.1, 0.15) is 18.1 Å². The number of rotatable bonds is 6. The molecule has 2 aromatic carbocycles. The van der Waals surface area contributed by atoms with E-state index in [-0.39, 0.29) is 5.97 Å². The van der Waals surface area contributed by atoms with E-state index in [4.69, 9.17) is 4.74 Å². The van der Waals surface area contributed by atoms with Gasteiger partial charge in [-0.3, -0.25) is 9.69 Å². The lowest BCUT2D eigenvalue weighted by atomic mass is 10.2. The topological polar surface area (TPSA) is 32.8 Å². The van der Waals surface area contributed by atoms with E-state index in [1.54, 1.807) is 0 Å². The van der Waals surface area contributed by atoms with Gasteiger partial charge in [0.2, 0.25) is 0 Å². The Bertz CT molecular complexity index is 786. The number of nitrogens with zero attached hydrogens (tertiary/aromatic N) is 2. The van der Waals surface area contributed by atoms with Crippen molar-refractivity contribution in [2.45, 2.75) is 30.6 Å². The molecule has 0 N–H and O–H groups in total. The van der Waals surface area contributed by atoms with Gasteiger partial charge in [-0.15, -0.1) is 0 Å². The molecule has 0 amide bonds. The van der Waals surface area contributed by atoms with Crippen molar-refractivity contribution < 1.29 is 9.53 Å². The second-order valence-corrected chi connectivity index (χ2v) is 7.99. The molecule has 1 aliphatic heterocycles. The molecule has 0 saturated carbocycles. The zero-order chi connectivity index (χ0) is 19.2. The van der Waals surface area contributed by atoms with Gasteiger partial charge in [0.15, 0.2) is 0 Å². The summed E-state index contributed by atoms with van der Waals surface area (Å²) < 4.78 is 5.06. The van der Waals surface area contributed by atoms with Crippen LogP contribution in [0.5, 0.6) is 0 Å². The van der Waals surface area contributed by atoms with Crippen molar-refractivity contribution in [2.75, 3.05) is 44.2 Å². The summed E-state index contributed by atoms with van der Waals surface area (Å²) >= 11 is 1.83. The number of ether oxygens (including phenoxy) is 1. The molecular weight excluding hydrogens is 356 g/mol. The van der Waals surface area contributed by atoms with Crippen LogP contribution in [-0.2, 0) is 9.53 Å². The van der Waals surface area contributed by atoms with E-state index < -0.39 is 0 Å². The van der Waals surface area contributed by atoms with Crippen molar-refractivity contribution in [3.8, 4) is 0 Å². The van der Waals surface area contributed by atoms with E-state index >= 15 is 0 Å². The monoisotopic (exact) mass is 384 g/mol. The van der Waals surface area contributed by atoms with Crippen LogP contribution in [0.2, 0.25) is 0 Å². The van der Waals surface area contributed by atoms with E-state index in [1.165, 1.54) is 26.6 Å². The number of carbonyl (C=O) groups excluding carboxylic acids is 1. The number of aryl methyl sites for hydroxylation is 2. The SMILES string of the molecule is CCOC(=O)CN1CCN(c2ccccc2Sc2ccc(C)cc2C)CC1. The average molecular weight is 385 g/mol. The summed E-state index contributed by atoms with van der Waals surface area (Å²) in [7, 11) is 0. The number of piperazine rings is 1. The molecule has 1 saturated heterocycles. The largest absolute Gasteiger partial charge is 0.465 e. The summed E-state index contributed by atoms with van der Waals surface area (Å²) in [6.45, 7) is 10.6. The van der Waals surface area contributed by atoms with E-state index in [2.05, 4.69) is 66.1 Å². The third kappa shape index (κ3) is 5.27. The Morgan fingerprint density at radius 1 is 1.04 bits per heavy atom. The van der Waals surface area contributed by atoms with Gasteiger partial charge in [-0.1, -0.05) is 41.6 Å². The Hall–Kier alpha value is -1.98. The smallest absolute Gasteiger partial charge is 0.320 e. The number of hydrogen-bond acceptors (Lipinski definition) is 5. The standard InChI is InChI=1S/C22H28N2O2S/c1-4-26-22(25)16-23-11-13-24(14-12-23)19-7-5-6-8-21(19)27-20-10-9-17(2)15-18(20)3/h5-10,15H,4,11-14,16H2,1-3H3. The number of carbonyl (C=O) groups is 1. The van der Waals surface area contributed by atoms with E-state index in [1.807, 2.05) is 18.7 Å². The minimum atomic E-state index is -0.128. The Labute approximate surface area is 166 Å². The summed E-state index contributed by atoms with van der Waals surface area (Å²) in [5, 5.41) is 0. The van der Waals surface area contributed by atoms with Crippen LogP contribution in [-0.4, -0.2) is 50.2 Å². The second-order valence-electron chi connectivity index (χ2n) is 6.91. The molecule has 1 heterocycles. The van der Waals surface area contributed by atoms with Crippen LogP contribution in [0.15, 0.2) is 52.3 Å². The van der Waals surface area contributed by atoms with Crippen LogP contribution in [0.4, 0.5) is 5.69 Å². The Kier molecular flexibility index (Phi) is 6.80. The van der Waals surface area contributed by atoms with Crippen LogP contribution in [0.3, 0.4) is 0 Å². The minimum Gasteiger partial charge on any atom is -0.465 e. The first-order valence-corrected chi connectivity index (χ1v) is 10.4. The van der Waals surface area contributed by atoms with E-state index in [0.29, 0.717) is 13.2 Å². The van der Waals surface area contributed by atoms with Gasteiger partial charge in [0.05, 0.1) is 18.8 Å². The highest BCUT2D eigenvalue weighted by Gasteiger charge is 2.21. The molecule has 0 spiro atoms. The molecule has 3 rings (SSSR count). The normalized spacial score (nSPS) is 15.0. The molecule has 0 bridgehead atoms.